The molecule has 102 valence electrons. The molecule has 1 heterocycles. The quantitative estimate of drug-likeness (QED) is 0.311. The van der Waals surface area contributed by atoms with Crippen molar-refractivity contribution in [2.45, 2.75) is 44.2 Å². The predicted molar refractivity (Wildman–Crippen MR) is 63.1 cm³/mol. The minimum absolute atomic E-state index is 0.211. The van der Waals surface area contributed by atoms with Gasteiger partial charge in [0.05, 0.1) is 0 Å². The van der Waals surface area contributed by atoms with E-state index in [9.17, 15) is 14.4 Å². The summed E-state index contributed by atoms with van der Waals surface area (Å²) in [4.78, 5) is 33.9. The van der Waals surface area contributed by atoms with Gasteiger partial charge in [-0.3, -0.25) is 4.79 Å². The predicted octanol–water partition coefficient (Wildman–Crippen LogP) is -1.21. The SMILES string of the molecule is NCCCC[C@H](N)C(=O)OC(=O)C1CCC(=O)N1. The van der Waals surface area contributed by atoms with Gasteiger partial charge in [-0.15, -0.1) is 0 Å². The largest absolute Gasteiger partial charge is 0.390 e. The van der Waals surface area contributed by atoms with Gasteiger partial charge in [0.1, 0.15) is 12.1 Å². The minimum atomic E-state index is -0.822. The molecule has 2 atom stereocenters. The zero-order chi connectivity index (χ0) is 13.5. The van der Waals surface area contributed by atoms with Gasteiger partial charge in [-0.25, -0.2) is 9.59 Å². The van der Waals surface area contributed by atoms with Crippen LogP contribution in [0.3, 0.4) is 0 Å². The third-order valence-electron chi connectivity index (χ3n) is 2.75. The lowest BCUT2D eigenvalue weighted by molar-refractivity contribution is -0.162. The summed E-state index contributed by atoms with van der Waals surface area (Å²) in [7, 11) is 0. The maximum atomic E-state index is 11.5. The van der Waals surface area contributed by atoms with Crippen molar-refractivity contribution in [3.63, 3.8) is 0 Å². The number of unbranched alkanes of at least 4 members (excludes halogenated alkanes) is 1. The molecular weight excluding hydrogens is 238 g/mol. The third kappa shape index (κ3) is 4.42. The maximum Gasteiger partial charge on any atom is 0.336 e. The Bertz CT molecular complexity index is 332. The molecular formula is C11H19N3O4. The molecule has 7 heteroatoms. The highest BCUT2D eigenvalue weighted by molar-refractivity contribution is 5.94. The highest BCUT2D eigenvalue weighted by atomic mass is 16.6. The zero-order valence-corrected chi connectivity index (χ0v) is 10.2. The smallest absolute Gasteiger partial charge is 0.336 e. The Labute approximate surface area is 105 Å². The van der Waals surface area contributed by atoms with Crippen molar-refractivity contribution < 1.29 is 19.1 Å². The first kappa shape index (κ1) is 14.6. The molecule has 0 spiro atoms. The molecule has 7 nitrogen and oxygen atoms in total. The van der Waals surface area contributed by atoms with Gasteiger partial charge < -0.3 is 21.5 Å². The number of hydrogen-bond donors (Lipinski definition) is 3. The van der Waals surface area contributed by atoms with Crippen LogP contribution in [0.4, 0.5) is 0 Å². The number of rotatable bonds is 6. The van der Waals surface area contributed by atoms with Crippen molar-refractivity contribution in [2.24, 2.45) is 11.5 Å². The first-order valence-corrected chi connectivity index (χ1v) is 6.05. The topological polar surface area (TPSA) is 125 Å². The lowest BCUT2D eigenvalue weighted by Gasteiger charge is -2.12. The summed E-state index contributed by atoms with van der Waals surface area (Å²) < 4.78 is 4.63. The summed E-state index contributed by atoms with van der Waals surface area (Å²) in [5.74, 6) is -1.70. The standard InChI is InChI=1S/C11H19N3O4/c12-6-2-1-3-7(13)10(16)18-11(17)8-4-5-9(15)14-8/h7-8H,1-6,12-13H2,(H,14,15)/t7-,8?/m0/s1. The van der Waals surface area contributed by atoms with Gasteiger partial charge in [0.2, 0.25) is 5.91 Å². The molecule has 1 unspecified atom stereocenters. The van der Waals surface area contributed by atoms with E-state index in [0.29, 0.717) is 25.8 Å². The van der Waals surface area contributed by atoms with E-state index in [1.807, 2.05) is 0 Å². The van der Waals surface area contributed by atoms with Crippen LogP contribution in [0.25, 0.3) is 0 Å². The maximum absolute atomic E-state index is 11.5. The number of ether oxygens (including phenoxy) is 1. The van der Waals surface area contributed by atoms with Crippen molar-refractivity contribution >= 4 is 17.8 Å². The second-order valence-corrected chi connectivity index (χ2v) is 4.29. The van der Waals surface area contributed by atoms with Crippen LogP contribution < -0.4 is 16.8 Å². The van der Waals surface area contributed by atoms with Crippen LogP contribution in [0, 0.1) is 0 Å². The van der Waals surface area contributed by atoms with E-state index >= 15 is 0 Å². The molecule has 1 fully saturated rings. The highest BCUT2D eigenvalue weighted by Crippen LogP contribution is 2.09. The Morgan fingerprint density at radius 3 is 2.72 bits per heavy atom. The van der Waals surface area contributed by atoms with Crippen LogP contribution in [0.2, 0.25) is 0 Å². The summed E-state index contributed by atoms with van der Waals surface area (Å²) in [5, 5.41) is 2.43. The molecule has 5 N–H and O–H groups in total. The molecule has 0 aromatic heterocycles. The summed E-state index contributed by atoms with van der Waals surface area (Å²) in [6.07, 6.45) is 2.54. The highest BCUT2D eigenvalue weighted by Gasteiger charge is 2.31. The van der Waals surface area contributed by atoms with Crippen molar-refractivity contribution in [1.82, 2.24) is 5.32 Å². The van der Waals surface area contributed by atoms with Crippen LogP contribution >= 0.6 is 0 Å². The fraction of sp³-hybridized carbons (Fsp3) is 0.727. The van der Waals surface area contributed by atoms with Gasteiger partial charge in [-0.05, 0) is 25.8 Å². The van der Waals surface area contributed by atoms with Gasteiger partial charge in [-0.2, -0.15) is 0 Å². The van der Waals surface area contributed by atoms with E-state index in [-0.39, 0.29) is 12.3 Å². The lowest BCUT2D eigenvalue weighted by atomic mass is 10.1. The van der Waals surface area contributed by atoms with Gasteiger partial charge in [-0.1, -0.05) is 6.42 Å². The second-order valence-electron chi connectivity index (χ2n) is 4.29. The Morgan fingerprint density at radius 1 is 1.44 bits per heavy atom. The van der Waals surface area contributed by atoms with Crippen LogP contribution in [0.15, 0.2) is 0 Å². The Kier molecular flexibility index (Phi) is 5.73. The van der Waals surface area contributed by atoms with Crippen molar-refractivity contribution in [3.8, 4) is 0 Å². The van der Waals surface area contributed by atoms with E-state index in [0.717, 1.165) is 6.42 Å². The molecule has 0 aromatic rings. The van der Waals surface area contributed by atoms with Crippen LogP contribution in [0.1, 0.15) is 32.1 Å². The zero-order valence-electron chi connectivity index (χ0n) is 10.2. The first-order valence-electron chi connectivity index (χ1n) is 6.05. The van der Waals surface area contributed by atoms with E-state index in [2.05, 4.69) is 10.1 Å². The molecule has 18 heavy (non-hydrogen) atoms. The Hall–Kier alpha value is -1.47. The van der Waals surface area contributed by atoms with Crippen molar-refractivity contribution in [1.29, 1.82) is 0 Å². The molecule has 1 aliphatic rings. The van der Waals surface area contributed by atoms with Crippen molar-refractivity contribution in [3.05, 3.63) is 0 Å². The molecule has 0 radical (unpaired) electrons. The number of hydrogen-bond acceptors (Lipinski definition) is 6. The van der Waals surface area contributed by atoms with Gasteiger partial charge in [0, 0.05) is 6.42 Å². The van der Waals surface area contributed by atoms with Crippen LogP contribution in [0.5, 0.6) is 0 Å². The minimum Gasteiger partial charge on any atom is -0.390 e. The molecule has 0 aliphatic carbocycles. The number of nitrogens with one attached hydrogen (secondary N) is 1. The number of esters is 2. The molecule has 0 bridgehead atoms. The number of carbonyl (C=O) groups excluding carboxylic acids is 3. The lowest BCUT2D eigenvalue weighted by Crippen LogP contribution is -2.40. The normalized spacial score (nSPS) is 20.3. The van der Waals surface area contributed by atoms with Gasteiger partial charge >= 0.3 is 11.9 Å². The van der Waals surface area contributed by atoms with E-state index in [1.165, 1.54) is 0 Å². The van der Waals surface area contributed by atoms with Gasteiger partial charge in [0.25, 0.3) is 0 Å². The second kappa shape index (κ2) is 7.07. The summed E-state index contributed by atoms with van der Waals surface area (Å²) in [6, 6.07) is -1.55. The third-order valence-corrected chi connectivity index (χ3v) is 2.75. The molecule has 1 aliphatic heterocycles. The molecule has 1 rings (SSSR count). The fourth-order valence-corrected chi connectivity index (χ4v) is 1.66. The van der Waals surface area contributed by atoms with Gasteiger partial charge in [0.15, 0.2) is 0 Å². The van der Waals surface area contributed by atoms with Crippen LogP contribution in [-0.2, 0) is 19.1 Å². The first-order chi connectivity index (χ1) is 8.54. The number of amides is 1. The monoisotopic (exact) mass is 257 g/mol. The van der Waals surface area contributed by atoms with Crippen molar-refractivity contribution in [2.75, 3.05) is 6.54 Å². The average Bonchev–Trinajstić information content (AvgIpc) is 2.76. The van der Waals surface area contributed by atoms with E-state index in [4.69, 9.17) is 11.5 Å². The molecule has 1 saturated heterocycles. The summed E-state index contributed by atoms with van der Waals surface area (Å²) >= 11 is 0. The Balaban J connectivity index is 2.30. The average molecular weight is 257 g/mol. The fourth-order valence-electron chi connectivity index (χ4n) is 1.66. The summed E-state index contributed by atoms with van der Waals surface area (Å²) in [5.41, 5.74) is 10.9. The molecule has 0 saturated carbocycles. The molecule has 0 aromatic carbocycles. The van der Waals surface area contributed by atoms with Crippen LogP contribution in [-0.4, -0.2) is 36.5 Å². The summed E-state index contributed by atoms with van der Waals surface area (Å²) in [6.45, 7) is 0.537. The van der Waals surface area contributed by atoms with E-state index < -0.39 is 24.0 Å². The van der Waals surface area contributed by atoms with E-state index in [1.54, 1.807) is 0 Å². The number of nitrogens with two attached hydrogens (primary N) is 2. The number of carbonyl (C=O) groups is 3. The molecule has 1 amide bonds. The Morgan fingerprint density at radius 2 is 2.17 bits per heavy atom.